The molecule has 0 radical (unpaired) electrons. The number of aliphatic hydroxyl groups is 1. The Bertz CT molecular complexity index is 575. The predicted octanol–water partition coefficient (Wildman–Crippen LogP) is -0.447. The van der Waals surface area contributed by atoms with Crippen LogP contribution in [0.3, 0.4) is 0 Å². The molecule has 0 atom stereocenters. The molecule has 0 saturated heterocycles. The molecule has 124 valence electrons. The maximum atomic E-state index is 12.5. The smallest absolute Gasteiger partial charge is 0.269 e. The zero-order valence-electron chi connectivity index (χ0n) is 11.9. The third-order valence-electron chi connectivity index (χ3n) is 2.78. The summed E-state index contributed by atoms with van der Waals surface area (Å²) in [6.45, 7) is 0.400. The van der Waals surface area contributed by atoms with E-state index in [0.717, 1.165) is 16.4 Å². The van der Waals surface area contributed by atoms with E-state index in [2.05, 4.69) is 0 Å². The number of hydrogen-bond acceptors (Lipinski definition) is 7. The molecule has 0 bridgehead atoms. The van der Waals surface area contributed by atoms with Crippen molar-refractivity contribution in [2.24, 2.45) is 5.73 Å². The van der Waals surface area contributed by atoms with Gasteiger partial charge in [0.2, 0.25) is 10.0 Å². The second kappa shape index (κ2) is 8.76. The molecule has 0 aliphatic carbocycles. The SMILES string of the molecule is NCCN(CCOCCO)S(=O)(=O)c1ccc([N+](=O)[O-])cc1. The van der Waals surface area contributed by atoms with E-state index in [1.54, 1.807) is 0 Å². The van der Waals surface area contributed by atoms with Gasteiger partial charge in [-0.3, -0.25) is 10.1 Å². The number of nitro groups is 1. The van der Waals surface area contributed by atoms with E-state index in [0.29, 0.717) is 0 Å². The van der Waals surface area contributed by atoms with Crippen molar-refractivity contribution in [3.63, 3.8) is 0 Å². The molecule has 0 aromatic heterocycles. The van der Waals surface area contributed by atoms with E-state index in [-0.39, 0.29) is 50.0 Å². The van der Waals surface area contributed by atoms with Crippen LogP contribution in [-0.4, -0.2) is 62.2 Å². The lowest BCUT2D eigenvalue weighted by Gasteiger charge is -2.21. The second-order valence-corrected chi connectivity index (χ2v) is 6.22. The maximum Gasteiger partial charge on any atom is 0.269 e. The van der Waals surface area contributed by atoms with Gasteiger partial charge in [-0.25, -0.2) is 8.42 Å². The number of ether oxygens (including phenoxy) is 1. The van der Waals surface area contributed by atoms with E-state index in [1.807, 2.05) is 0 Å². The Morgan fingerprint density at radius 1 is 1.23 bits per heavy atom. The van der Waals surface area contributed by atoms with Gasteiger partial charge in [-0.15, -0.1) is 0 Å². The van der Waals surface area contributed by atoms with E-state index in [1.165, 1.54) is 12.1 Å². The number of rotatable bonds is 10. The van der Waals surface area contributed by atoms with Crippen molar-refractivity contribution in [3.05, 3.63) is 34.4 Å². The van der Waals surface area contributed by atoms with E-state index < -0.39 is 14.9 Å². The van der Waals surface area contributed by atoms with Gasteiger partial charge in [0.05, 0.1) is 29.6 Å². The van der Waals surface area contributed by atoms with Gasteiger partial charge in [-0.1, -0.05) is 0 Å². The molecule has 0 saturated carbocycles. The van der Waals surface area contributed by atoms with Crippen molar-refractivity contribution in [2.45, 2.75) is 4.90 Å². The summed E-state index contributed by atoms with van der Waals surface area (Å²) >= 11 is 0. The zero-order chi connectivity index (χ0) is 16.6. The number of nitro benzene ring substituents is 1. The van der Waals surface area contributed by atoms with Crippen LogP contribution in [0.1, 0.15) is 0 Å². The molecule has 1 aromatic rings. The molecule has 0 spiro atoms. The first-order valence-corrected chi connectivity index (χ1v) is 8.00. The number of hydrogen-bond donors (Lipinski definition) is 2. The average Bonchev–Trinajstić information content (AvgIpc) is 2.50. The van der Waals surface area contributed by atoms with Gasteiger partial charge in [0.25, 0.3) is 5.69 Å². The first kappa shape index (κ1) is 18.5. The lowest BCUT2D eigenvalue weighted by Crippen LogP contribution is -2.37. The number of nitrogens with zero attached hydrogens (tertiary/aromatic N) is 2. The van der Waals surface area contributed by atoms with Gasteiger partial charge in [-0.2, -0.15) is 4.31 Å². The van der Waals surface area contributed by atoms with Crippen molar-refractivity contribution in [1.82, 2.24) is 4.31 Å². The fraction of sp³-hybridized carbons (Fsp3) is 0.500. The average molecular weight is 333 g/mol. The Balaban J connectivity index is 2.88. The largest absolute Gasteiger partial charge is 0.394 e. The summed E-state index contributed by atoms with van der Waals surface area (Å²) in [6.07, 6.45) is 0. The van der Waals surface area contributed by atoms with Crippen LogP contribution in [0.15, 0.2) is 29.2 Å². The van der Waals surface area contributed by atoms with Gasteiger partial charge in [0.1, 0.15) is 0 Å². The molecule has 0 aliphatic rings. The highest BCUT2D eigenvalue weighted by atomic mass is 32.2. The fourth-order valence-corrected chi connectivity index (χ4v) is 3.16. The van der Waals surface area contributed by atoms with Gasteiger partial charge in [0, 0.05) is 31.8 Å². The van der Waals surface area contributed by atoms with Crippen LogP contribution in [-0.2, 0) is 14.8 Å². The lowest BCUT2D eigenvalue weighted by molar-refractivity contribution is -0.384. The highest BCUT2D eigenvalue weighted by Gasteiger charge is 2.24. The number of aliphatic hydroxyl groups excluding tert-OH is 1. The summed E-state index contributed by atoms with van der Waals surface area (Å²) in [7, 11) is -3.80. The molecular weight excluding hydrogens is 314 g/mol. The first-order chi connectivity index (χ1) is 10.4. The van der Waals surface area contributed by atoms with Crippen LogP contribution >= 0.6 is 0 Å². The molecule has 1 rings (SSSR count). The van der Waals surface area contributed by atoms with Gasteiger partial charge in [-0.05, 0) is 12.1 Å². The van der Waals surface area contributed by atoms with Crippen LogP contribution in [0.25, 0.3) is 0 Å². The van der Waals surface area contributed by atoms with E-state index in [4.69, 9.17) is 15.6 Å². The number of nitrogens with two attached hydrogens (primary N) is 1. The Hall–Kier alpha value is -1.59. The third kappa shape index (κ3) is 5.00. The Morgan fingerprint density at radius 3 is 2.36 bits per heavy atom. The summed E-state index contributed by atoms with van der Waals surface area (Å²) < 4.78 is 31.1. The number of benzene rings is 1. The minimum Gasteiger partial charge on any atom is -0.394 e. The lowest BCUT2D eigenvalue weighted by atomic mass is 10.3. The summed E-state index contributed by atoms with van der Waals surface area (Å²) in [4.78, 5) is 9.95. The van der Waals surface area contributed by atoms with Crippen molar-refractivity contribution >= 4 is 15.7 Å². The molecule has 3 N–H and O–H groups in total. The summed E-state index contributed by atoms with van der Waals surface area (Å²) in [5.41, 5.74) is 5.24. The monoisotopic (exact) mass is 333 g/mol. The minimum atomic E-state index is -3.80. The Morgan fingerprint density at radius 2 is 1.86 bits per heavy atom. The van der Waals surface area contributed by atoms with Crippen LogP contribution in [0, 0.1) is 10.1 Å². The third-order valence-corrected chi connectivity index (χ3v) is 4.70. The second-order valence-electron chi connectivity index (χ2n) is 4.28. The molecule has 0 fully saturated rings. The zero-order valence-corrected chi connectivity index (χ0v) is 12.7. The highest BCUT2D eigenvalue weighted by Crippen LogP contribution is 2.19. The van der Waals surface area contributed by atoms with Crippen LogP contribution in [0.4, 0.5) is 5.69 Å². The molecule has 0 heterocycles. The summed E-state index contributed by atoms with van der Waals surface area (Å²) in [5, 5.41) is 19.2. The van der Waals surface area contributed by atoms with Crippen molar-refractivity contribution < 1.29 is 23.2 Å². The topological polar surface area (TPSA) is 136 Å². The summed E-state index contributed by atoms with van der Waals surface area (Å²) in [5.74, 6) is 0. The quantitative estimate of drug-likeness (QED) is 0.336. The normalized spacial score (nSPS) is 11.8. The van der Waals surface area contributed by atoms with Gasteiger partial charge < -0.3 is 15.6 Å². The van der Waals surface area contributed by atoms with Crippen LogP contribution < -0.4 is 5.73 Å². The molecule has 9 nitrogen and oxygen atoms in total. The highest BCUT2D eigenvalue weighted by molar-refractivity contribution is 7.89. The van der Waals surface area contributed by atoms with Gasteiger partial charge >= 0.3 is 0 Å². The van der Waals surface area contributed by atoms with Crippen LogP contribution in [0.2, 0.25) is 0 Å². The van der Waals surface area contributed by atoms with Crippen molar-refractivity contribution in [1.29, 1.82) is 0 Å². The Labute approximate surface area is 128 Å². The van der Waals surface area contributed by atoms with Crippen molar-refractivity contribution in [3.8, 4) is 0 Å². The maximum absolute atomic E-state index is 12.5. The predicted molar refractivity (Wildman–Crippen MR) is 78.8 cm³/mol. The van der Waals surface area contributed by atoms with Crippen LogP contribution in [0.5, 0.6) is 0 Å². The number of sulfonamides is 1. The first-order valence-electron chi connectivity index (χ1n) is 6.56. The molecule has 0 aliphatic heterocycles. The van der Waals surface area contributed by atoms with E-state index in [9.17, 15) is 18.5 Å². The molecular formula is C12H19N3O6S. The molecule has 1 aromatic carbocycles. The number of non-ortho nitro benzene ring substituents is 1. The minimum absolute atomic E-state index is 0.0475. The molecule has 22 heavy (non-hydrogen) atoms. The molecule has 0 amide bonds. The molecule has 10 heteroatoms. The summed E-state index contributed by atoms with van der Waals surface area (Å²) in [6, 6.07) is 4.64. The van der Waals surface area contributed by atoms with Crippen molar-refractivity contribution in [2.75, 3.05) is 39.5 Å². The van der Waals surface area contributed by atoms with Gasteiger partial charge in [0.15, 0.2) is 0 Å². The standard InChI is InChI=1S/C12H19N3O6S/c13-5-6-14(7-9-21-10-8-16)22(19,20)12-3-1-11(2-4-12)15(17)18/h1-4,16H,5-10,13H2. The Kier molecular flexibility index (Phi) is 7.35. The molecule has 0 unspecified atom stereocenters. The van der Waals surface area contributed by atoms with E-state index >= 15 is 0 Å². The fourth-order valence-electron chi connectivity index (χ4n) is 1.72.